The number of fused-ring (bicyclic) bond motifs is 1. The van der Waals surface area contributed by atoms with Crippen molar-refractivity contribution in [1.82, 2.24) is 10.6 Å². The molecule has 2 N–H and O–H groups in total. The number of carbonyl (C=O) groups excluding carboxylic acids is 3. The van der Waals surface area contributed by atoms with Crippen molar-refractivity contribution >= 4 is 40.9 Å². The molecule has 2 aromatic rings. The first-order valence-electron chi connectivity index (χ1n) is 7.81. The molecule has 1 aliphatic heterocycles. The van der Waals surface area contributed by atoms with Crippen molar-refractivity contribution in [3.63, 3.8) is 0 Å². The second-order valence-electron chi connectivity index (χ2n) is 5.58. The Morgan fingerprint density at radius 2 is 1.81 bits per heavy atom. The van der Waals surface area contributed by atoms with Crippen LogP contribution in [0.5, 0.6) is 5.75 Å². The molecule has 8 heteroatoms. The summed E-state index contributed by atoms with van der Waals surface area (Å²) in [6.07, 6.45) is 0.564. The lowest BCUT2D eigenvalue weighted by atomic mass is 10.1. The molecule has 0 bridgehead atoms. The van der Waals surface area contributed by atoms with Crippen LogP contribution in [0, 0.1) is 0 Å². The molecule has 1 aliphatic rings. The number of ether oxygens (including phenoxy) is 1. The fourth-order valence-corrected chi connectivity index (χ4v) is 2.92. The maximum atomic E-state index is 12.2. The Hall–Kier alpha value is -2.57. The van der Waals surface area contributed by atoms with Crippen LogP contribution in [0.4, 0.5) is 0 Å². The standard InChI is InChI=1S/C18H14Cl2N2O4/c19-11-3-5-15(14(20)9-11)26-7-1-6-21-16(23)10-2-4-12-13(8-10)18(25)22-17(12)24/h2-5,8-9H,1,6-7H2,(H,21,23)(H,22,24,25). The molecule has 134 valence electrons. The third-order valence-corrected chi connectivity index (χ3v) is 4.29. The molecule has 0 spiro atoms. The number of imide groups is 1. The van der Waals surface area contributed by atoms with Crippen molar-refractivity contribution in [1.29, 1.82) is 0 Å². The Kier molecular flexibility index (Phi) is 5.44. The van der Waals surface area contributed by atoms with E-state index in [1.165, 1.54) is 18.2 Å². The van der Waals surface area contributed by atoms with Crippen LogP contribution in [0.3, 0.4) is 0 Å². The predicted molar refractivity (Wildman–Crippen MR) is 97.1 cm³/mol. The second kappa shape index (κ2) is 7.76. The highest BCUT2D eigenvalue weighted by molar-refractivity contribution is 6.35. The highest BCUT2D eigenvalue weighted by atomic mass is 35.5. The van der Waals surface area contributed by atoms with Gasteiger partial charge in [0.15, 0.2) is 0 Å². The number of hydrogen-bond donors (Lipinski definition) is 2. The van der Waals surface area contributed by atoms with Gasteiger partial charge in [-0.2, -0.15) is 0 Å². The first-order chi connectivity index (χ1) is 12.5. The Balaban J connectivity index is 1.48. The minimum Gasteiger partial charge on any atom is -0.492 e. The normalized spacial score (nSPS) is 12.5. The summed E-state index contributed by atoms with van der Waals surface area (Å²) in [7, 11) is 0. The van der Waals surface area contributed by atoms with Crippen LogP contribution in [-0.4, -0.2) is 30.9 Å². The van der Waals surface area contributed by atoms with Gasteiger partial charge in [-0.05, 0) is 42.8 Å². The van der Waals surface area contributed by atoms with Crippen molar-refractivity contribution in [2.24, 2.45) is 0 Å². The van der Waals surface area contributed by atoms with E-state index in [0.29, 0.717) is 40.9 Å². The highest BCUT2D eigenvalue weighted by Gasteiger charge is 2.27. The quantitative estimate of drug-likeness (QED) is 0.584. The predicted octanol–water partition coefficient (Wildman–Crippen LogP) is 3.08. The summed E-state index contributed by atoms with van der Waals surface area (Å²) in [6, 6.07) is 9.34. The van der Waals surface area contributed by atoms with Crippen molar-refractivity contribution in [2.45, 2.75) is 6.42 Å². The van der Waals surface area contributed by atoms with Crippen LogP contribution in [-0.2, 0) is 0 Å². The SMILES string of the molecule is O=C(NCCCOc1ccc(Cl)cc1Cl)c1ccc2c(c1)C(=O)NC2=O. The molecule has 2 aromatic carbocycles. The zero-order valence-electron chi connectivity index (χ0n) is 13.5. The van der Waals surface area contributed by atoms with Crippen molar-refractivity contribution in [3.8, 4) is 5.75 Å². The summed E-state index contributed by atoms with van der Waals surface area (Å²) in [5.74, 6) is -0.746. The monoisotopic (exact) mass is 392 g/mol. The molecule has 0 radical (unpaired) electrons. The van der Waals surface area contributed by atoms with E-state index >= 15 is 0 Å². The molecule has 26 heavy (non-hydrogen) atoms. The van der Waals surface area contributed by atoms with Gasteiger partial charge in [-0.1, -0.05) is 23.2 Å². The van der Waals surface area contributed by atoms with Gasteiger partial charge in [0.2, 0.25) is 0 Å². The summed E-state index contributed by atoms with van der Waals surface area (Å²) >= 11 is 11.8. The lowest BCUT2D eigenvalue weighted by Crippen LogP contribution is -2.25. The average Bonchev–Trinajstić information content (AvgIpc) is 2.90. The van der Waals surface area contributed by atoms with E-state index in [2.05, 4.69) is 10.6 Å². The molecule has 0 atom stereocenters. The first-order valence-corrected chi connectivity index (χ1v) is 8.57. The topological polar surface area (TPSA) is 84.5 Å². The van der Waals surface area contributed by atoms with Crippen molar-refractivity contribution in [3.05, 3.63) is 63.1 Å². The van der Waals surface area contributed by atoms with E-state index < -0.39 is 11.8 Å². The molecule has 0 aromatic heterocycles. The molecule has 0 unspecified atom stereocenters. The van der Waals surface area contributed by atoms with E-state index in [-0.39, 0.29) is 17.0 Å². The van der Waals surface area contributed by atoms with Crippen molar-refractivity contribution < 1.29 is 19.1 Å². The third-order valence-electron chi connectivity index (χ3n) is 3.76. The van der Waals surface area contributed by atoms with Gasteiger partial charge in [0.1, 0.15) is 5.75 Å². The highest BCUT2D eigenvalue weighted by Crippen LogP contribution is 2.27. The molecule has 3 rings (SSSR count). The number of amides is 3. The Labute approximate surface area is 159 Å². The largest absolute Gasteiger partial charge is 0.492 e. The molecule has 6 nitrogen and oxygen atoms in total. The zero-order valence-corrected chi connectivity index (χ0v) is 15.0. The van der Waals surface area contributed by atoms with E-state index in [9.17, 15) is 14.4 Å². The maximum absolute atomic E-state index is 12.2. The number of halogens is 2. The summed E-state index contributed by atoms with van der Waals surface area (Å²) in [6.45, 7) is 0.745. The molecule has 0 fully saturated rings. The maximum Gasteiger partial charge on any atom is 0.258 e. The van der Waals surface area contributed by atoms with Gasteiger partial charge in [-0.3, -0.25) is 19.7 Å². The zero-order chi connectivity index (χ0) is 18.7. The minimum atomic E-state index is -0.493. The lowest BCUT2D eigenvalue weighted by molar-refractivity contribution is 0.0878. The van der Waals surface area contributed by atoms with E-state index in [0.717, 1.165) is 0 Å². The van der Waals surface area contributed by atoms with Gasteiger partial charge in [0.25, 0.3) is 17.7 Å². The Bertz CT molecular complexity index is 899. The van der Waals surface area contributed by atoms with Gasteiger partial charge >= 0.3 is 0 Å². The summed E-state index contributed by atoms with van der Waals surface area (Å²) < 4.78 is 5.53. The molecular weight excluding hydrogens is 379 g/mol. The van der Waals surface area contributed by atoms with Gasteiger partial charge in [-0.25, -0.2) is 0 Å². The Morgan fingerprint density at radius 1 is 1.04 bits per heavy atom. The molecular formula is C18H14Cl2N2O4. The number of rotatable bonds is 6. The number of carbonyl (C=O) groups is 3. The van der Waals surface area contributed by atoms with Crippen LogP contribution in [0.1, 0.15) is 37.5 Å². The van der Waals surface area contributed by atoms with Crippen LogP contribution < -0.4 is 15.4 Å². The number of nitrogens with one attached hydrogen (secondary N) is 2. The van der Waals surface area contributed by atoms with Crippen LogP contribution in [0.15, 0.2) is 36.4 Å². The van der Waals surface area contributed by atoms with E-state index in [4.69, 9.17) is 27.9 Å². The molecule has 0 saturated heterocycles. The molecule has 1 heterocycles. The third kappa shape index (κ3) is 3.98. The minimum absolute atomic E-state index is 0.211. The molecule has 0 saturated carbocycles. The van der Waals surface area contributed by atoms with Crippen LogP contribution in [0.2, 0.25) is 10.0 Å². The van der Waals surface area contributed by atoms with E-state index in [1.54, 1.807) is 18.2 Å². The summed E-state index contributed by atoms with van der Waals surface area (Å²) in [4.78, 5) is 35.3. The average molecular weight is 393 g/mol. The first kappa shape index (κ1) is 18.2. The second-order valence-corrected chi connectivity index (χ2v) is 6.42. The van der Waals surface area contributed by atoms with Crippen molar-refractivity contribution in [2.75, 3.05) is 13.2 Å². The fourth-order valence-electron chi connectivity index (χ4n) is 2.46. The van der Waals surface area contributed by atoms with Gasteiger partial charge in [-0.15, -0.1) is 0 Å². The van der Waals surface area contributed by atoms with E-state index in [1.807, 2.05) is 0 Å². The lowest BCUT2D eigenvalue weighted by Gasteiger charge is -2.09. The fraction of sp³-hybridized carbons (Fsp3) is 0.167. The van der Waals surface area contributed by atoms with Crippen LogP contribution >= 0.6 is 23.2 Å². The summed E-state index contributed by atoms with van der Waals surface area (Å²) in [5, 5.41) is 5.87. The van der Waals surface area contributed by atoms with Gasteiger partial charge in [0, 0.05) is 17.1 Å². The smallest absolute Gasteiger partial charge is 0.258 e. The molecule has 0 aliphatic carbocycles. The number of hydrogen-bond acceptors (Lipinski definition) is 4. The van der Waals surface area contributed by atoms with Crippen LogP contribution in [0.25, 0.3) is 0 Å². The number of benzene rings is 2. The van der Waals surface area contributed by atoms with Gasteiger partial charge < -0.3 is 10.1 Å². The summed E-state index contributed by atoms with van der Waals surface area (Å²) in [5.41, 5.74) is 0.804. The molecule has 3 amide bonds. The Morgan fingerprint density at radius 3 is 2.58 bits per heavy atom. The van der Waals surface area contributed by atoms with Gasteiger partial charge in [0.05, 0.1) is 22.8 Å².